The Kier molecular flexibility index (Phi) is 11.6. The predicted octanol–water partition coefficient (Wildman–Crippen LogP) is 3.17. The molecule has 0 spiro atoms. The van der Waals surface area contributed by atoms with Gasteiger partial charge in [0.15, 0.2) is 0 Å². The van der Waals surface area contributed by atoms with Gasteiger partial charge in [-0.2, -0.15) is 0 Å². The molecule has 1 unspecified atom stereocenters. The lowest BCUT2D eigenvalue weighted by atomic mass is 9.97. The second-order valence-corrected chi connectivity index (χ2v) is 5.25. The Labute approximate surface area is 116 Å². The smallest absolute Gasteiger partial charge is 0.303 e. The van der Waals surface area contributed by atoms with E-state index in [0.29, 0.717) is 12.8 Å². The van der Waals surface area contributed by atoms with Gasteiger partial charge >= 0.3 is 5.97 Å². The van der Waals surface area contributed by atoms with Crippen molar-refractivity contribution in [3.05, 3.63) is 0 Å². The van der Waals surface area contributed by atoms with Gasteiger partial charge in [0.05, 0.1) is 0 Å². The summed E-state index contributed by atoms with van der Waals surface area (Å²) < 4.78 is 0. The fraction of sp³-hybridized carbons (Fsp3) is 0.867. The Morgan fingerprint density at radius 1 is 0.895 bits per heavy atom. The second-order valence-electron chi connectivity index (χ2n) is 5.25. The Bertz CT molecular complexity index is 251. The molecule has 0 aromatic heterocycles. The van der Waals surface area contributed by atoms with Crippen molar-refractivity contribution in [1.82, 2.24) is 0 Å². The maximum absolute atomic E-state index is 11.6. The molecule has 0 heterocycles. The summed E-state index contributed by atoms with van der Waals surface area (Å²) in [6, 6.07) is 0. The van der Waals surface area contributed by atoms with Crippen LogP contribution < -0.4 is 0 Å². The summed E-state index contributed by atoms with van der Waals surface area (Å²) >= 11 is 0. The molecule has 0 aliphatic heterocycles. The average Bonchev–Trinajstić information content (AvgIpc) is 2.36. The summed E-state index contributed by atoms with van der Waals surface area (Å²) in [5.41, 5.74) is 0. The molecule has 0 aromatic carbocycles. The Hall–Kier alpha value is -0.900. The van der Waals surface area contributed by atoms with Crippen LogP contribution in [0, 0.1) is 5.92 Å². The van der Waals surface area contributed by atoms with Gasteiger partial charge in [-0.25, -0.2) is 0 Å². The van der Waals surface area contributed by atoms with E-state index in [-0.39, 0.29) is 24.7 Å². The molecule has 4 nitrogen and oxygen atoms in total. The van der Waals surface area contributed by atoms with E-state index in [9.17, 15) is 9.59 Å². The second kappa shape index (κ2) is 12.2. The molecular formula is C15H28O4. The van der Waals surface area contributed by atoms with Crippen LogP contribution >= 0.6 is 0 Å². The van der Waals surface area contributed by atoms with Crippen LogP contribution in [0.4, 0.5) is 0 Å². The topological polar surface area (TPSA) is 74.6 Å². The van der Waals surface area contributed by atoms with Gasteiger partial charge in [-0.3, -0.25) is 9.59 Å². The van der Waals surface area contributed by atoms with E-state index in [4.69, 9.17) is 10.2 Å². The predicted molar refractivity (Wildman–Crippen MR) is 75.1 cm³/mol. The molecule has 0 aliphatic rings. The molecule has 0 aromatic rings. The van der Waals surface area contributed by atoms with Crippen LogP contribution in [0.5, 0.6) is 0 Å². The molecular weight excluding hydrogens is 244 g/mol. The first-order valence-electron chi connectivity index (χ1n) is 7.43. The molecule has 0 saturated heterocycles. The Morgan fingerprint density at radius 2 is 1.37 bits per heavy atom. The number of carboxylic acid groups (broad SMARTS) is 1. The standard InChI is InChI=1S/C15H28O4/c1-13(11-12-16)14(17)9-7-5-3-2-4-6-8-10-15(18)19/h13,16H,2-12H2,1H3,(H,18,19). The molecule has 2 N–H and O–H groups in total. The number of hydrogen-bond donors (Lipinski definition) is 2. The number of rotatable bonds is 13. The summed E-state index contributed by atoms with van der Waals surface area (Å²) in [7, 11) is 0. The van der Waals surface area contributed by atoms with Crippen LogP contribution in [0.1, 0.15) is 71.1 Å². The number of aliphatic hydroxyl groups excluding tert-OH is 1. The number of carbonyl (C=O) groups excluding carboxylic acids is 1. The maximum atomic E-state index is 11.6. The zero-order valence-corrected chi connectivity index (χ0v) is 12.1. The molecule has 0 rings (SSSR count). The van der Waals surface area contributed by atoms with Crippen LogP contribution in [0.15, 0.2) is 0 Å². The van der Waals surface area contributed by atoms with Crippen molar-refractivity contribution in [1.29, 1.82) is 0 Å². The van der Waals surface area contributed by atoms with Gasteiger partial charge in [0.1, 0.15) is 5.78 Å². The van der Waals surface area contributed by atoms with Gasteiger partial charge < -0.3 is 10.2 Å². The summed E-state index contributed by atoms with van der Waals surface area (Å²) in [4.78, 5) is 21.9. The van der Waals surface area contributed by atoms with E-state index < -0.39 is 5.97 Å². The number of ketones is 1. The summed E-state index contributed by atoms with van der Waals surface area (Å²) in [5, 5.41) is 17.2. The molecule has 0 radical (unpaired) electrons. The van der Waals surface area contributed by atoms with Crippen molar-refractivity contribution in [2.24, 2.45) is 5.92 Å². The SMILES string of the molecule is CC(CCO)C(=O)CCCCCCCCCC(=O)O. The van der Waals surface area contributed by atoms with Gasteiger partial charge in [-0.05, 0) is 19.3 Å². The van der Waals surface area contributed by atoms with Crippen molar-refractivity contribution in [2.45, 2.75) is 71.1 Å². The molecule has 0 amide bonds. The largest absolute Gasteiger partial charge is 0.481 e. The third kappa shape index (κ3) is 11.9. The lowest BCUT2D eigenvalue weighted by Gasteiger charge is -2.08. The maximum Gasteiger partial charge on any atom is 0.303 e. The summed E-state index contributed by atoms with van der Waals surface area (Å²) in [6.45, 7) is 1.96. The third-order valence-corrected chi connectivity index (χ3v) is 3.43. The number of aliphatic carboxylic acids is 1. The van der Waals surface area contributed by atoms with Crippen molar-refractivity contribution in [2.75, 3.05) is 6.61 Å². The van der Waals surface area contributed by atoms with Gasteiger partial charge in [0.2, 0.25) is 0 Å². The lowest BCUT2D eigenvalue weighted by Crippen LogP contribution is -2.12. The molecule has 0 aliphatic carbocycles. The fourth-order valence-corrected chi connectivity index (χ4v) is 2.06. The molecule has 19 heavy (non-hydrogen) atoms. The first-order chi connectivity index (χ1) is 9.07. The third-order valence-electron chi connectivity index (χ3n) is 3.43. The summed E-state index contributed by atoms with van der Waals surface area (Å²) in [5.74, 6) is -0.466. The minimum Gasteiger partial charge on any atom is -0.481 e. The molecule has 0 saturated carbocycles. The van der Waals surface area contributed by atoms with Gasteiger partial charge in [0, 0.05) is 25.4 Å². The zero-order valence-electron chi connectivity index (χ0n) is 12.1. The van der Waals surface area contributed by atoms with Crippen LogP contribution in [-0.4, -0.2) is 28.6 Å². The quantitative estimate of drug-likeness (QED) is 0.505. The molecule has 112 valence electrons. The van der Waals surface area contributed by atoms with Crippen molar-refractivity contribution >= 4 is 11.8 Å². The number of hydrogen-bond acceptors (Lipinski definition) is 3. The highest BCUT2D eigenvalue weighted by molar-refractivity contribution is 5.80. The van der Waals surface area contributed by atoms with Gasteiger partial charge in [0.25, 0.3) is 0 Å². The normalized spacial score (nSPS) is 12.3. The van der Waals surface area contributed by atoms with E-state index >= 15 is 0 Å². The average molecular weight is 272 g/mol. The highest BCUT2D eigenvalue weighted by Crippen LogP contribution is 2.12. The van der Waals surface area contributed by atoms with Crippen LogP contribution in [-0.2, 0) is 9.59 Å². The van der Waals surface area contributed by atoms with Crippen LogP contribution in [0.3, 0.4) is 0 Å². The van der Waals surface area contributed by atoms with Crippen molar-refractivity contribution in [3.63, 3.8) is 0 Å². The first kappa shape index (κ1) is 18.1. The molecule has 0 bridgehead atoms. The Balaban J connectivity index is 3.26. The van der Waals surface area contributed by atoms with E-state index in [1.807, 2.05) is 6.92 Å². The Morgan fingerprint density at radius 3 is 1.84 bits per heavy atom. The van der Waals surface area contributed by atoms with Crippen molar-refractivity contribution < 1.29 is 19.8 Å². The minimum atomic E-state index is -0.712. The summed E-state index contributed by atoms with van der Waals surface area (Å²) in [6.07, 6.45) is 8.56. The number of carbonyl (C=O) groups is 2. The molecule has 0 fully saturated rings. The number of Topliss-reactive ketones (excluding diaryl/α,β-unsaturated/α-hetero) is 1. The lowest BCUT2D eigenvalue weighted by molar-refractivity contribution is -0.137. The monoisotopic (exact) mass is 272 g/mol. The van der Waals surface area contributed by atoms with E-state index in [2.05, 4.69) is 0 Å². The van der Waals surface area contributed by atoms with E-state index in [1.165, 1.54) is 0 Å². The zero-order chi connectivity index (χ0) is 14.5. The minimum absolute atomic E-state index is 0.0129. The van der Waals surface area contributed by atoms with Crippen LogP contribution in [0.25, 0.3) is 0 Å². The number of unbranched alkanes of at least 4 members (excludes halogenated alkanes) is 6. The van der Waals surface area contributed by atoms with Crippen molar-refractivity contribution in [3.8, 4) is 0 Å². The first-order valence-corrected chi connectivity index (χ1v) is 7.43. The highest BCUT2D eigenvalue weighted by atomic mass is 16.4. The number of carboxylic acids is 1. The van der Waals surface area contributed by atoms with Gasteiger partial charge in [-0.15, -0.1) is 0 Å². The van der Waals surface area contributed by atoms with E-state index in [1.54, 1.807) is 0 Å². The highest BCUT2D eigenvalue weighted by Gasteiger charge is 2.11. The van der Waals surface area contributed by atoms with Crippen LogP contribution in [0.2, 0.25) is 0 Å². The molecule has 4 heteroatoms. The van der Waals surface area contributed by atoms with Gasteiger partial charge in [-0.1, -0.05) is 39.0 Å². The molecule has 1 atom stereocenters. The van der Waals surface area contributed by atoms with E-state index in [0.717, 1.165) is 44.9 Å². The fourth-order valence-electron chi connectivity index (χ4n) is 2.06. The number of aliphatic hydroxyl groups is 1.